The number of methoxy groups -OCH3 is 2. The molecular formula is C33H30N2O3. The third-order valence-electron chi connectivity index (χ3n) is 8.67. The average Bonchev–Trinajstić information content (AvgIpc) is 3.36. The average molecular weight is 503 g/mol. The van der Waals surface area contributed by atoms with Crippen molar-refractivity contribution < 1.29 is 14.3 Å². The van der Waals surface area contributed by atoms with E-state index < -0.39 is 0 Å². The van der Waals surface area contributed by atoms with Crippen LogP contribution < -0.4 is 19.7 Å². The van der Waals surface area contributed by atoms with Crippen LogP contribution in [0.1, 0.15) is 34.1 Å². The molecular weight excluding hydrogens is 472 g/mol. The summed E-state index contributed by atoms with van der Waals surface area (Å²) >= 11 is 0. The summed E-state index contributed by atoms with van der Waals surface area (Å²) in [6.45, 7) is 0. The fourth-order valence-corrected chi connectivity index (χ4v) is 6.96. The van der Waals surface area contributed by atoms with E-state index in [1.165, 1.54) is 16.7 Å². The number of hydrogen-bond acceptors (Lipinski definition) is 4. The maximum Gasteiger partial charge on any atom is 0.237 e. The van der Waals surface area contributed by atoms with Crippen molar-refractivity contribution in [3.63, 3.8) is 0 Å². The Morgan fingerprint density at radius 3 is 2.24 bits per heavy atom. The second-order valence-corrected chi connectivity index (χ2v) is 10.5. The van der Waals surface area contributed by atoms with Gasteiger partial charge in [0, 0.05) is 17.3 Å². The van der Waals surface area contributed by atoms with Crippen molar-refractivity contribution in [1.82, 2.24) is 0 Å². The molecule has 4 aromatic rings. The van der Waals surface area contributed by atoms with Gasteiger partial charge in [0.1, 0.15) is 11.5 Å². The molecule has 2 aliphatic heterocycles. The minimum atomic E-state index is -0.208. The van der Waals surface area contributed by atoms with Gasteiger partial charge in [-0.05, 0) is 77.1 Å². The first-order chi connectivity index (χ1) is 18.7. The lowest BCUT2D eigenvalue weighted by Crippen LogP contribution is -2.68. The topological polar surface area (TPSA) is 50.8 Å². The van der Waals surface area contributed by atoms with Crippen molar-refractivity contribution in [3.8, 4) is 11.5 Å². The fraction of sp³-hybridized carbons (Fsp3) is 0.242. The number of β-lactam (4-membered cyclic amide) rings is 1. The molecule has 4 aromatic carbocycles. The highest BCUT2D eigenvalue weighted by atomic mass is 16.5. The number of rotatable bonds is 5. The second kappa shape index (κ2) is 8.95. The van der Waals surface area contributed by atoms with E-state index in [1.807, 2.05) is 53.4 Å². The summed E-state index contributed by atoms with van der Waals surface area (Å²) in [5.74, 6) is 2.13. The van der Waals surface area contributed by atoms with Crippen molar-refractivity contribution in [2.75, 3.05) is 24.4 Å². The summed E-state index contributed by atoms with van der Waals surface area (Å²) in [7, 11) is 3.38. The smallest absolute Gasteiger partial charge is 0.237 e. The molecule has 0 aromatic heterocycles. The van der Waals surface area contributed by atoms with Crippen LogP contribution in [0.15, 0.2) is 97.1 Å². The van der Waals surface area contributed by atoms with Crippen LogP contribution in [0.5, 0.6) is 11.5 Å². The summed E-state index contributed by atoms with van der Waals surface area (Å²) in [5.41, 5.74) is 7.14. The number of fused-ring (bicyclic) bond motifs is 5. The highest BCUT2D eigenvalue weighted by Gasteiger charge is 2.57. The Morgan fingerprint density at radius 1 is 0.763 bits per heavy atom. The van der Waals surface area contributed by atoms with Crippen LogP contribution in [0.4, 0.5) is 11.4 Å². The predicted molar refractivity (Wildman–Crippen MR) is 149 cm³/mol. The SMILES string of the molecule is COc1ccc(N2C(=O)C(c3ccccc3)C2[C@H]2Nc3ccc(OC)cc3[C@H]3c4ccccc4C[C@H]32)cc1. The van der Waals surface area contributed by atoms with Gasteiger partial charge in [-0.2, -0.15) is 0 Å². The van der Waals surface area contributed by atoms with Crippen molar-refractivity contribution in [2.24, 2.45) is 5.92 Å². The number of carbonyl (C=O) groups excluding carboxylic acids is 1. The first kappa shape index (κ1) is 22.9. The van der Waals surface area contributed by atoms with Gasteiger partial charge in [0.25, 0.3) is 0 Å². The summed E-state index contributed by atoms with van der Waals surface area (Å²) in [6, 6.07) is 33.3. The molecule has 1 N–H and O–H groups in total. The first-order valence-corrected chi connectivity index (χ1v) is 13.2. The lowest BCUT2D eigenvalue weighted by atomic mass is 9.68. The van der Waals surface area contributed by atoms with E-state index in [0.717, 1.165) is 34.9 Å². The molecule has 0 bridgehead atoms. The quantitative estimate of drug-likeness (QED) is 0.340. The lowest BCUT2D eigenvalue weighted by Gasteiger charge is -2.54. The number of benzene rings is 4. The number of ether oxygens (including phenoxy) is 2. The number of anilines is 2. The Labute approximate surface area is 223 Å². The zero-order valence-electron chi connectivity index (χ0n) is 21.5. The predicted octanol–water partition coefficient (Wildman–Crippen LogP) is 6.00. The van der Waals surface area contributed by atoms with Crippen molar-refractivity contribution in [3.05, 3.63) is 119 Å². The van der Waals surface area contributed by atoms with Gasteiger partial charge in [-0.15, -0.1) is 0 Å². The molecule has 2 unspecified atom stereocenters. The molecule has 2 heterocycles. The minimum Gasteiger partial charge on any atom is -0.497 e. The first-order valence-electron chi connectivity index (χ1n) is 13.2. The van der Waals surface area contributed by atoms with Gasteiger partial charge < -0.3 is 19.7 Å². The Balaban J connectivity index is 1.36. The van der Waals surface area contributed by atoms with Crippen LogP contribution in [0, 0.1) is 5.92 Å². The summed E-state index contributed by atoms with van der Waals surface area (Å²) in [5, 5.41) is 3.92. The molecule has 7 rings (SSSR count). The van der Waals surface area contributed by atoms with E-state index in [0.29, 0.717) is 5.92 Å². The summed E-state index contributed by atoms with van der Waals surface area (Å²) < 4.78 is 11.0. The zero-order valence-corrected chi connectivity index (χ0v) is 21.5. The number of amides is 1. The fourth-order valence-electron chi connectivity index (χ4n) is 6.96. The largest absolute Gasteiger partial charge is 0.497 e. The molecule has 190 valence electrons. The number of nitrogens with one attached hydrogen (secondary N) is 1. The van der Waals surface area contributed by atoms with E-state index >= 15 is 0 Å². The molecule has 5 nitrogen and oxygen atoms in total. The molecule has 0 radical (unpaired) electrons. The number of hydrogen-bond donors (Lipinski definition) is 1. The summed E-state index contributed by atoms with van der Waals surface area (Å²) in [6.07, 6.45) is 0.970. The van der Waals surface area contributed by atoms with E-state index in [4.69, 9.17) is 9.47 Å². The molecule has 1 fully saturated rings. The van der Waals surface area contributed by atoms with Crippen molar-refractivity contribution >= 4 is 17.3 Å². The van der Waals surface area contributed by atoms with E-state index in [1.54, 1.807) is 14.2 Å². The van der Waals surface area contributed by atoms with Crippen LogP contribution >= 0.6 is 0 Å². The van der Waals surface area contributed by atoms with Gasteiger partial charge in [-0.3, -0.25) is 4.79 Å². The van der Waals surface area contributed by atoms with E-state index in [9.17, 15) is 4.79 Å². The normalized spacial score (nSPS) is 24.9. The third kappa shape index (κ3) is 3.42. The van der Waals surface area contributed by atoms with Gasteiger partial charge in [0.2, 0.25) is 5.91 Å². The Kier molecular flexibility index (Phi) is 5.39. The number of carbonyl (C=O) groups is 1. The monoisotopic (exact) mass is 502 g/mol. The maximum absolute atomic E-state index is 13.9. The second-order valence-electron chi connectivity index (χ2n) is 10.5. The van der Waals surface area contributed by atoms with Gasteiger partial charge in [0.05, 0.1) is 32.2 Å². The van der Waals surface area contributed by atoms with E-state index in [-0.39, 0.29) is 29.8 Å². The highest BCUT2D eigenvalue weighted by Crippen LogP contribution is 2.54. The Bertz CT molecular complexity index is 1500. The molecule has 1 aliphatic carbocycles. The molecule has 1 amide bonds. The minimum absolute atomic E-state index is 0.0321. The van der Waals surface area contributed by atoms with Crippen LogP contribution in [0.3, 0.4) is 0 Å². The zero-order chi connectivity index (χ0) is 25.8. The standard InChI is InChI=1S/C33H30N2O3/c1-37-23-14-12-22(13-15-23)35-32(29(33(35)36)20-8-4-3-5-9-20)31-27-18-21-10-6-7-11-25(21)30(27)26-19-24(38-2)16-17-28(26)34-31/h3-17,19,27,29-32,34H,18H2,1-2H3/t27-,29?,30-,31+,32?/m1/s1. The third-order valence-corrected chi connectivity index (χ3v) is 8.67. The van der Waals surface area contributed by atoms with Gasteiger partial charge >= 0.3 is 0 Å². The maximum atomic E-state index is 13.9. The molecule has 3 aliphatic rings. The highest BCUT2D eigenvalue weighted by molar-refractivity contribution is 6.07. The van der Waals surface area contributed by atoms with Crippen LogP contribution in [0.25, 0.3) is 0 Å². The van der Waals surface area contributed by atoms with Gasteiger partial charge in [-0.1, -0.05) is 54.6 Å². The van der Waals surface area contributed by atoms with Crippen molar-refractivity contribution in [2.45, 2.75) is 30.3 Å². The van der Waals surface area contributed by atoms with Gasteiger partial charge in [-0.25, -0.2) is 0 Å². The lowest BCUT2D eigenvalue weighted by molar-refractivity contribution is -0.127. The molecule has 0 saturated carbocycles. The van der Waals surface area contributed by atoms with Crippen LogP contribution in [0.2, 0.25) is 0 Å². The van der Waals surface area contributed by atoms with Crippen LogP contribution in [-0.2, 0) is 11.2 Å². The Morgan fingerprint density at radius 2 is 1.47 bits per heavy atom. The number of nitrogens with zero attached hydrogens (tertiary/aromatic N) is 1. The molecule has 5 heteroatoms. The van der Waals surface area contributed by atoms with E-state index in [2.05, 4.69) is 53.8 Å². The molecule has 0 spiro atoms. The van der Waals surface area contributed by atoms with Gasteiger partial charge in [0.15, 0.2) is 0 Å². The summed E-state index contributed by atoms with van der Waals surface area (Å²) in [4.78, 5) is 15.9. The molecule has 38 heavy (non-hydrogen) atoms. The van der Waals surface area contributed by atoms with Crippen LogP contribution in [-0.4, -0.2) is 32.2 Å². The van der Waals surface area contributed by atoms with Crippen molar-refractivity contribution in [1.29, 1.82) is 0 Å². The molecule has 5 atom stereocenters. The Hall–Kier alpha value is -4.25. The molecule has 1 saturated heterocycles.